The highest BCUT2D eigenvalue weighted by atomic mass is 14.9. The molecule has 1 unspecified atom stereocenters. The molecule has 0 aromatic carbocycles. The fourth-order valence-corrected chi connectivity index (χ4v) is 1.37. The van der Waals surface area contributed by atoms with Crippen LogP contribution in [-0.4, -0.2) is 12.6 Å². The van der Waals surface area contributed by atoms with Gasteiger partial charge in [-0.05, 0) is 32.2 Å². The molecule has 0 radical (unpaired) electrons. The quantitative estimate of drug-likeness (QED) is 0.456. The minimum atomic E-state index is 0.711. The van der Waals surface area contributed by atoms with E-state index in [1.807, 2.05) is 6.08 Å². The third-order valence-electron chi connectivity index (χ3n) is 2.23. The SMILES string of the molecule is C=CCCNC(C)CC1CC1. The van der Waals surface area contributed by atoms with Gasteiger partial charge in [-0.25, -0.2) is 0 Å². The lowest BCUT2D eigenvalue weighted by atomic mass is 10.1. The van der Waals surface area contributed by atoms with Crippen LogP contribution in [-0.2, 0) is 0 Å². The zero-order valence-corrected chi connectivity index (χ0v) is 7.47. The van der Waals surface area contributed by atoms with E-state index in [4.69, 9.17) is 0 Å². The van der Waals surface area contributed by atoms with Crippen molar-refractivity contribution in [1.29, 1.82) is 0 Å². The Kier molecular flexibility index (Phi) is 3.64. The summed E-state index contributed by atoms with van der Waals surface area (Å²) in [6.45, 7) is 7.06. The van der Waals surface area contributed by atoms with Crippen LogP contribution in [0.4, 0.5) is 0 Å². The smallest absolute Gasteiger partial charge is 0.00414 e. The van der Waals surface area contributed by atoms with Crippen LogP contribution in [0.5, 0.6) is 0 Å². The van der Waals surface area contributed by atoms with Crippen molar-refractivity contribution in [2.24, 2.45) is 5.92 Å². The third-order valence-corrected chi connectivity index (χ3v) is 2.23. The first kappa shape index (κ1) is 8.79. The molecule has 0 bridgehead atoms. The van der Waals surface area contributed by atoms with Gasteiger partial charge in [-0.2, -0.15) is 0 Å². The van der Waals surface area contributed by atoms with E-state index in [2.05, 4.69) is 18.8 Å². The lowest BCUT2D eigenvalue weighted by Crippen LogP contribution is -2.27. The van der Waals surface area contributed by atoms with E-state index in [-0.39, 0.29) is 0 Å². The molecule has 0 aliphatic heterocycles. The minimum Gasteiger partial charge on any atom is -0.314 e. The summed E-state index contributed by atoms with van der Waals surface area (Å²) < 4.78 is 0. The van der Waals surface area contributed by atoms with Crippen molar-refractivity contribution in [3.8, 4) is 0 Å². The van der Waals surface area contributed by atoms with Crippen molar-refractivity contribution in [2.45, 2.75) is 38.6 Å². The number of rotatable bonds is 6. The molecule has 1 aliphatic carbocycles. The second kappa shape index (κ2) is 4.55. The van der Waals surface area contributed by atoms with Crippen LogP contribution in [0.15, 0.2) is 12.7 Å². The molecule has 1 aliphatic rings. The topological polar surface area (TPSA) is 12.0 Å². The van der Waals surface area contributed by atoms with Crippen molar-refractivity contribution < 1.29 is 0 Å². The summed E-state index contributed by atoms with van der Waals surface area (Å²) in [5.74, 6) is 1.04. The van der Waals surface area contributed by atoms with Crippen molar-refractivity contribution in [1.82, 2.24) is 5.32 Å². The molecule has 0 saturated heterocycles. The van der Waals surface area contributed by atoms with Crippen LogP contribution in [0.2, 0.25) is 0 Å². The minimum absolute atomic E-state index is 0.711. The van der Waals surface area contributed by atoms with Gasteiger partial charge in [0, 0.05) is 6.04 Å². The Morgan fingerprint density at radius 2 is 2.36 bits per heavy atom. The molecule has 0 amide bonds. The molecule has 0 aromatic rings. The van der Waals surface area contributed by atoms with Crippen molar-refractivity contribution in [3.05, 3.63) is 12.7 Å². The van der Waals surface area contributed by atoms with Crippen molar-refractivity contribution in [3.63, 3.8) is 0 Å². The predicted octanol–water partition coefficient (Wildman–Crippen LogP) is 2.34. The lowest BCUT2D eigenvalue weighted by Gasteiger charge is -2.11. The summed E-state index contributed by atoms with van der Waals surface area (Å²) in [7, 11) is 0. The second-order valence-corrected chi connectivity index (χ2v) is 3.61. The summed E-state index contributed by atoms with van der Waals surface area (Å²) in [4.78, 5) is 0. The molecule has 0 aromatic heterocycles. The highest BCUT2D eigenvalue weighted by Crippen LogP contribution is 2.33. The average Bonchev–Trinajstić information content (AvgIpc) is 2.72. The average molecular weight is 153 g/mol. The molecule has 1 saturated carbocycles. The normalized spacial score (nSPS) is 19.7. The van der Waals surface area contributed by atoms with Crippen molar-refractivity contribution >= 4 is 0 Å². The Labute approximate surface area is 69.9 Å². The maximum absolute atomic E-state index is 3.69. The molecule has 0 heterocycles. The zero-order chi connectivity index (χ0) is 8.10. The molecular weight excluding hydrogens is 134 g/mol. The van der Waals surface area contributed by atoms with Crippen LogP contribution >= 0.6 is 0 Å². The van der Waals surface area contributed by atoms with Crippen LogP contribution in [0.1, 0.15) is 32.6 Å². The fraction of sp³-hybridized carbons (Fsp3) is 0.800. The van der Waals surface area contributed by atoms with Crippen molar-refractivity contribution in [2.75, 3.05) is 6.54 Å². The molecule has 1 nitrogen and oxygen atoms in total. The molecule has 1 rings (SSSR count). The van der Waals surface area contributed by atoms with Gasteiger partial charge in [0.15, 0.2) is 0 Å². The second-order valence-electron chi connectivity index (χ2n) is 3.61. The van der Waals surface area contributed by atoms with Gasteiger partial charge in [0.05, 0.1) is 0 Å². The Balaban J connectivity index is 1.91. The van der Waals surface area contributed by atoms with Crippen LogP contribution < -0.4 is 5.32 Å². The number of hydrogen-bond donors (Lipinski definition) is 1. The van der Waals surface area contributed by atoms with E-state index in [0.717, 1.165) is 18.9 Å². The Morgan fingerprint density at radius 1 is 1.64 bits per heavy atom. The maximum Gasteiger partial charge on any atom is 0.00414 e. The van der Waals surface area contributed by atoms with Gasteiger partial charge in [0.25, 0.3) is 0 Å². The summed E-state index contributed by atoms with van der Waals surface area (Å²) in [6, 6.07) is 0.711. The van der Waals surface area contributed by atoms with Gasteiger partial charge in [-0.3, -0.25) is 0 Å². The van der Waals surface area contributed by atoms with E-state index in [1.54, 1.807) is 0 Å². The molecule has 1 fully saturated rings. The highest BCUT2D eigenvalue weighted by molar-refractivity contribution is 4.78. The largest absolute Gasteiger partial charge is 0.314 e. The van der Waals surface area contributed by atoms with Gasteiger partial charge in [-0.1, -0.05) is 18.9 Å². The molecule has 64 valence electrons. The first-order valence-corrected chi connectivity index (χ1v) is 4.67. The van der Waals surface area contributed by atoms with Gasteiger partial charge in [0.1, 0.15) is 0 Å². The van der Waals surface area contributed by atoms with Crippen LogP contribution in [0, 0.1) is 5.92 Å². The zero-order valence-electron chi connectivity index (χ0n) is 7.47. The van der Waals surface area contributed by atoms with Gasteiger partial charge in [-0.15, -0.1) is 6.58 Å². The van der Waals surface area contributed by atoms with Gasteiger partial charge < -0.3 is 5.32 Å². The molecule has 1 heteroatoms. The van der Waals surface area contributed by atoms with E-state index in [0.29, 0.717) is 6.04 Å². The number of hydrogen-bond acceptors (Lipinski definition) is 1. The van der Waals surface area contributed by atoms with E-state index >= 15 is 0 Å². The summed E-state index contributed by atoms with van der Waals surface area (Å²) >= 11 is 0. The molecule has 1 atom stereocenters. The summed E-state index contributed by atoms with van der Waals surface area (Å²) in [5.41, 5.74) is 0. The standard InChI is InChI=1S/C10H19N/c1-3-4-7-11-9(2)8-10-5-6-10/h3,9-11H,1,4-8H2,2H3. The molecular formula is C10H19N. The highest BCUT2D eigenvalue weighted by Gasteiger charge is 2.22. The Hall–Kier alpha value is -0.300. The van der Waals surface area contributed by atoms with E-state index in [1.165, 1.54) is 19.3 Å². The number of nitrogens with one attached hydrogen (secondary N) is 1. The molecule has 0 spiro atoms. The Morgan fingerprint density at radius 3 is 2.91 bits per heavy atom. The molecule has 11 heavy (non-hydrogen) atoms. The van der Waals surface area contributed by atoms with Crippen LogP contribution in [0.25, 0.3) is 0 Å². The third kappa shape index (κ3) is 4.20. The monoisotopic (exact) mass is 153 g/mol. The summed E-state index contributed by atoms with van der Waals surface area (Å²) in [5, 5.41) is 3.48. The first-order chi connectivity index (χ1) is 5.33. The predicted molar refractivity (Wildman–Crippen MR) is 49.6 cm³/mol. The lowest BCUT2D eigenvalue weighted by molar-refractivity contribution is 0.493. The summed E-state index contributed by atoms with van der Waals surface area (Å²) in [6.07, 6.45) is 7.37. The van der Waals surface area contributed by atoms with E-state index < -0.39 is 0 Å². The van der Waals surface area contributed by atoms with Gasteiger partial charge >= 0.3 is 0 Å². The fourth-order valence-electron chi connectivity index (χ4n) is 1.37. The van der Waals surface area contributed by atoms with Gasteiger partial charge in [0.2, 0.25) is 0 Å². The maximum atomic E-state index is 3.69. The molecule has 1 N–H and O–H groups in total. The van der Waals surface area contributed by atoms with E-state index in [9.17, 15) is 0 Å². The first-order valence-electron chi connectivity index (χ1n) is 4.67. The van der Waals surface area contributed by atoms with Crippen LogP contribution in [0.3, 0.4) is 0 Å². The Bertz CT molecular complexity index is 116.